The number of H-pyrrole nitrogens is 1. The van der Waals surface area contributed by atoms with Crippen LogP contribution >= 0.6 is 11.6 Å². The van der Waals surface area contributed by atoms with Crippen molar-refractivity contribution in [3.8, 4) is 0 Å². The summed E-state index contributed by atoms with van der Waals surface area (Å²) in [5.41, 5.74) is 0.535. The molecular weight excluding hydrogens is 274 g/mol. The van der Waals surface area contributed by atoms with E-state index in [1.54, 1.807) is 4.31 Å². The molecular formula is C11H18ClN3O2S. The van der Waals surface area contributed by atoms with Gasteiger partial charge in [-0.3, -0.25) is 5.10 Å². The van der Waals surface area contributed by atoms with Gasteiger partial charge < -0.3 is 0 Å². The van der Waals surface area contributed by atoms with Crippen LogP contribution in [-0.4, -0.2) is 35.5 Å². The van der Waals surface area contributed by atoms with Crippen LogP contribution in [0, 0.1) is 0 Å². The van der Waals surface area contributed by atoms with E-state index in [-0.39, 0.29) is 16.9 Å². The molecule has 0 amide bonds. The van der Waals surface area contributed by atoms with E-state index in [0.717, 1.165) is 25.7 Å². The van der Waals surface area contributed by atoms with E-state index in [0.29, 0.717) is 12.1 Å². The van der Waals surface area contributed by atoms with Crippen molar-refractivity contribution in [3.05, 3.63) is 11.8 Å². The predicted octanol–water partition coefficient (Wildman–Crippen LogP) is 2.10. The van der Waals surface area contributed by atoms with E-state index in [1.165, 1.54) is 6.20 Å². The molecule has 1 fully saturated rings. The smallest absolute Gasteiger partial charge is 0.260 e. The first kappa shape index (κ1) is 13.8. The molecule has 1 aliphatic heterocycles. The zero-order chi connectivity index (χ0) is 13.2. The van der Waals surface area contributed by atoms with Gasteiger partial charge in [0, 0.05) is 18.2 Å². The average molecular weight is 292 g/mol. The molecule has 7 heteroatoms. The fourth-order valence-electron chi connectivity index (χ4n) is 2.34. The van der Waals surface area contributed by atoms with Gasteiger partial charge in [0.05, 0.1) is 12.1 Å². The first-order chi connectivity index (χ1) is 8.57. The molecule has 102 valence electrons. The Kier molecular flexibility index (Phi) is 4.29. The molecule has 0 saturated carbocycles. The molecule has 2 heterocycles. The molecule has 1 aromatic rings. The number of hydrogen-bond donors (Lipinski definition) is 1. The summed E-state index contributed by atoms with van der Waals surface area (Å²) in [5, 5.41) is 6.50. The molecule has 0 spiro atoms. The van der Waals surface area contributed by atoms with Crippen molar-refractivity contribution in [1.82, 2.24) is 14.5 Å². The summed E-state index contributed by atoms with van der Waals surface area (Å²) >= 11 is 5.74. The molecule has 1 saturated heterocycles. The minimum atomic E-state index is -3.50. The van der Waals surface area contributed by atoms with Crippen molar-refractivity contribution in [1.29, 1.82) is 0 Å². The topological polar surface area (TPSA) is 66.1 Å². The lowest BCUT2D eigenvalue weighted by Gasteiger charge is -2.25. The van der Waals surface area contributed by atoms with E-state index in [2.05, 4.69) is 10.2 Å². The Bertz CT molecular complexity index is 500. The highest BCUT2D eigenvalue weighted by Gasteiger charge is 2.32. The number of nitrogens with zero attached hydrogens (tertiary/aromatic N) is 2. The maximum absolute atomic E-state index is 12.6. The highest BCUT2D eigenvalue weighted by molar-refractivity contribution is 7.89. The summed E-state index contributed by atoms with van der Waals surface area (Å²) in [6.45, 7) is 2.53. The molecule has 0 bridgehead atoms. The molecule has 0 aromatic carbocycles. The van der Waals surface area contributed by atoms with Gasteiger partial charge in [0.15, 0.2) is 5.03 Å². The molecule has 1 N–H and O–H groups in total. The lowest BCUT2D eigenvalue weighted by atomic mass is 10.1. The Morgan fingerprint density at radius 3 is 3.00 bits per heavy atom. The van der Waals surface area contributed by atoms with Gasteiger partial charge >= 0.3 is 0 Å². The SMILES string of the molecule is CC1CCCCCN1S(=O)(=O)c1[nH]ncc1CCl. The molecule has 0 aliphatic carbocycles. The number of rotatable bonds is 3. The maximum atomic E-state index is 12.6. The van der Waals surface area contributed by atoms with Crippen molar-refractivity contribution in [3.63, 3.8) is 0 Å². The second-order valence-electron chi connectivity index (χ2n) is 4.67. The van der Waals surface area contributed by atoms with Crippen molar-refractivity contribution >= 4 is 21.6 Å². The number of aromatic amines is 1. The second kappa shape index (κ2) is 5.59. The number of nitrogens with one attached hydrogen (secondary N) is 1. The van der Waals surface area contributed by atoms with Gasteiger partial charge in [-0.25, -0.2) is 8.42 Å². The summed E-state index contributed by atoms with van der Waals surface area (Å²) in [4.78, 5) is 0. The van der Waals surface area contributed by atoms with Gasteiger partial charge in [0.1, 0.15) is 0 Å². The number of sulfonamides is 1. The molecule has 1 atom stereocenters. The van der Waals surface area contributed by atoms with Gasteiger partial charge in [-0.2, -0.15) is 9.40 Å². The van der Waals surface area contributed by atoms with Gasteiger partial charge in [-0.15, -0.1) is 11.6 Å². The van der Waals surface area contributed by atoms with E-state index in [1.807, 2.05) is 6.92 Å². The van der Waals surface area contributed by atoms with E-state index >= 15 is 0 Å². The molecule has 1 unspecified atom stereocenters. The Hall–Kier alpha value is -0.590. The van der Waals surface area contributed by atoms with E-state index in [9.17, 15) is 8.42 Å². The maximum Gasteiger partial charge on any atom is 0.260 e. The fourth-order valence-corrected chi connectivity index (χ4v) is 4.43. The Morgan fingerprint density at radius 1 is 1.50 bits per heavy atom. The number of halogens is 1. The number of aromatic nitrogens is 2. The molecule has 18 heavy (non-hydrogen) atoms. The minimum absolute atomic E-state index is 0.0315. The van der Waals surface area contributed by atoms with Crippen molar-refractivity contribution in [2.24, 2.45) is 0 Å². The molecule has 1 aromatic heterocycles. The van der Waals surface area contributed by atoms with Crippen LogP contribution in [0.3, 0.4) is 0 Å². The summed E-state index contributed by atoms with van der Waals surface area (Å²) in [5.74, 6) is 0.146. The third kappa shape index (κ3) is 2.55. The fraction of sp³-hybridized carbons (Fsp3) is 0.727. The summed E-state index contributed by atoms with van der Waals surface area (Å²) < 4.78 is 26.7. The number of hydrogen-bond acceptors (Lipinski definition) is 3. The molecule has 0 radical (unpaired) electrons. The lowest BCUT2D eigenvalue weighted by molar-refractivity contribution is 0.340. The van der Waals surface area contributed by atoms with Gasteiger partial charge in [0.25, 0.3) is 10.0 Å². The van der Waals surface area contributed by atoms with Crippen molar-refractivity contribution in [2.75, 3.05) is 6.54 Å². The molecule has 2 rings (SSSR count). The largest absolute Gasteiger partial charge is 0.266 e. The highest BCUT2D eigenvalue weighted by atomic mass is 35.5. The monoisotopic (exact) mass is 291 g/mol. The Morgan fingerprint density at radius 2 is 2.28 bits per heavy atom. The zero-order valence-corrected chi connectivity index (χ0v) is 12.0. The molecule has 5 nitrogen and oxygen atoms in total. The van der Waals surface area contributed by atoms with Gasteiger partial charge in [-0.1, -0.05) is 12.8 Å². The van der Waals surface area contributed by atoms with Crippen LogP contribution in [-0.2, 0) is 15.9 Å². The zero-order valence-electron chi connectivity index (χ0n) is 10.4. The van der Waals surface area contributed by atoms with Crippen LogP contribution in [0.1, 0.15) is 38.2 Å². The first-order valence-corrected chi connectivity index (χ1v) is 8.15. The number of alkyl halides is 1. The van der Waals surface area contributed by atoms with Crippen LogP contribution in [0.25, 0.3) is 0 Å². The third-order valence-corrected chi connectivity index (χ3v) is 5.70. The molecule has 1 aliphatic rings. The first-order valence-electron chi connectivity index (χ1n) is 6.17. The van der Waals surface area contributed by atoms with Gasteiger partial charge in [0.2, 0.25) is 0 Å². The van der Waals surface area contributed by atoms with Crippen LogP contribution in [0.15, 0.2) is 11.2 Å². The standard InChI is InChI=1S/C11H18ClN3O2S/c1-9-5-3-2-4-6-15(9)18(16,17)11-10(7-12)8-13-14-11/h8-9H,2-7H2,1H3,(H,13,14). The van der Waals surface area contributed by atoms with Crippen LogP contribution in [0.4, 0.5) is 0 Å². The second-order valence-corrected chi connectivity index (χ2v) is 6.77. The Balaban J connectivity index is 2.35. The predicted molar refractivity (Wildman–Crippen MR) is 70.0 cm³/mol. The van der Waals surface area contributed by atoms with E-state index in [4.69, 9.17) is 11.6 Å². The quantitative estimate of drug-likeness (QED) is 0.867. The Labute approximate surface area is 113 Å². The third-order valence-electron chi connectivity index (χ3n) is 3.38. The van der Waals surface area contributed by atoms with E-state index < -0.39 is 10.0 Å². The van der Waals surface area contributed by atoms with Crippen molar-refractivity contribution < 1.29 is 8.42 Å². The summed E-state index contributed by atoms with van der Waals surface area (Å²) in [6, 6.07) is 0.0315. The lowest BCUT2D eigenvalue weighted by Crippen LogP contribution is -2.38. The van der Waals surface area contributed by atoms with Crippen molar-refractivity contribution in [2.45, 2.75) is 49.6 Å². The van der Waals surface area contributed by atoms with Crippen LogP contribution in [0.5, 0.6) is 0 Å². The average Bonchev–Trinajstić information content (AvgIpc) is 2.72. The minimum Gasteiger partial charge on any atom is -0.266 e. The van der Waals surface area contributed by atoms with Crippen LogP contribution < -0.4 is 0 Å². The summed E-state index contributed by atoms with van der Waals surface area (Å²) in [6.07, 6.45) is 5.46. The van der Waals surface area contributed by atoms with Crippen LogP contribution in [0.2, 0.25) is 0 Å². The normalized spacial score (nSPS) is 22.9. The van der Waals surface area contributed by atoms with Gasteiger partial charge in [-0.05, 0) is 19.8 Å². The summed E-state index contributed by atoms with van der Waals surface area (Å²) in [7, 11) is -3.50. The highest BCUT2D eigenvalue weighted by Crippen LogP contribution is 2.25.